The summed E-state index contributed by atoms with van der Waals surface area (Å²) in [5.74, 6) is 0. The second-order valence-electron chi connectivity index (χ2n) is 4.59. The molecular weight excluding hydrogens is 290 g/mol. The molecule has 4 heteroatoms. The molecule has 1 heterocycles. The van der Waals surface area contributed by atoms with Gasteiger partial charge in [-0.3, -0.25) is 4.68 Å². The van der Waals surface area contributed by atoms with E-state index in [9.17, 15) is 0 Å². The van der Waals surface area contributed by atoms with Gasteiger partial charge in [-0.25, -0.2) is 0 Å². The van der Waals surface area contributed by atoms with Crippen LogP contribution in [-0.4, -0.2) is 15.0 Å². The number of halogens is 1. The van der Waals surface area contributed by atoms with E-state index >= 15 is 0 Å². The molecule has 0 unspecified atom stereocenters. The molecule has 2 aromatic rings. The van der Waals surface area contributed by atoms with Crippen LogP contribution in [0.3, 0.4) is 0 Å². The lowest BCUT2D eigenvalue weighted by atomic mass is 10.0. The molecule has 0 fully saturated rings. The van der Waals surface area contributed by atoms with Crippen molar-refractivity contribution < 1.29 is 0 Å². The van der Waals surface area contributed by atoms with Crippen molar-refractivity contribution in [2.24, 2.45) is 0 Å². The van der Waals surface area contributed by atoms with Gasteiger partial charge in [-0.15, -0.1) is 5.10 Å². The minimum atomic E-state index is 0.875. The van der Waals surface area contributed by atoms with Crippen molar-refractivity contribution in [2.45, 2.75) is 40.2 Å². The van der Waals surface area contributed by atoms with Crippen LogP contribution in [0.2, 0.25) is 0 Å². The molecule has 0 spiro atoms. The average Bonchev–Trinajstić information content (AvgIpc) is 2.80. The monoisotopic (exact) mass is 307 g/mol. The largest absolute Gasteiger partial charge is 0.253 e. The lowest BCUT2D eigenvalue weighted by Gasteiger charge is -2.07. The Morgan fingerprint density at radius 2 is 1.89 bits per heavy atom. The number of rotatable bonds is 4. The van der Waals surface area contributed by atoms with E-state index in [1.165, 1.54) is 21.2 Å². The van der Waals surface area contributed by atoms with Crippen molar-refractivity contribution in [3.8, 4) is 0 Å². The van der Waals surface area contributed by atoms with E-state index in [-0.39, 0.29) is 0 Å². The Kier molecular flexibility index (Phi) is 4.17. The fourth-order valence-electron chi connectivity index (χ4n) is 1.90. The topological polar surface area (TPSA) is 30.7 Å². The van der Waals surface area contributed by atoms with Crippen LogP contribution in [0, 0.1) is 13.8 Å². The second-order valence-corrected chi connectivity index (χ2v) is 5.45. The minimum absolute atomic E-state index is 0.875. The highest BCUT2D eigenvalue weighted by Crippen LogP contribution is 2.22. The minimum Gasteiger partial charge on any atom is -0.253 e. The van der Waals surface area contributed by atoms with E-state index in [0.717, 1.165) is 25.1 Å². The van der Waals surface area contributed by atoms with E-state index < -0.39 is 0 Å². The number of nitrogens with zero attached hydrogens (tertiary/aromatic N) is 3. The molecule has 1 aromatic heterocycles. The van der Waals surface area contributed by atoms with Crippen LogP contribution in [0.15, 0.2) is 22.8 Å². The van der Waals surface area contributed by atoms with Crippen molar-refractivity contribution in [3.63, 3.8) is 0 Å². The van der Waals surface area contributed by atoms with E-state index in [2.05, 4.69) is 59.1 Å². The first-order valence-corrected chi connectivity index (χ1v) is 7.04. The molecule has 2 rings (SSSR count). The van der Waals surface area contributed by atoms with Crippen LogP contribution in [0.1, 0.15) is 29.3 Å². The summed E-state index contributed by atoms with van der Waals surface area (Å²) in [5, 5.41) is 8.23. The van der Waals surface area contributed by atoms with E-state index in [0.29, 0.717) is 0 Å². The Morgan fingerprint density at radius 1 is 1.17 bits per heavy atom. The zero-order chi connectivity index (χ0) is 13.1. The third kappa shape index (κ3) is 2.99. The summed E-state index contributed by atoms with van der Waals surface area (Å²) in [6.45, 7) is 7.23. The number of hydrogen-bond acceptors (Lipinski definition) is 2. The van der Waals surface area contributed by atoms with Crippen LogP contribution in [0.5, 0.6) is 0 Å². The summed E-state index contributed by atoms with van der Waals surface area (Å²) in [6, 6.07) is 4.44. The summed E-state index contributed by atoms with van der Waals surface area (Å²) < 4.78 is 3.05. The van der Waals surface area contributed by atoms with Crippen molar-refractivity contribution in [1.82, 2.24) is 15.0 Å². The third-order valence-corrected chi connectivity index (χ3v) is 3.96. The van der Waals surface area contributed by atoms with E-state index in [4.69, 9.17) is 0 Å². The molecule has 0 saturated carbocycles. The van der Waals surface area contributed by atoms with Crippen LogP contribution >= 0.6 is 15.9 Å². The predicted molar refractivity (Wildman–Crippen MR) is 76.7 cm³/mol. The zero-order valence-corrected chi connectivity index (χ0v) is 12.7. The normalized spacial score (nSPS) is 10.9. The molecule has 1 aromatic carbocycles. The van der Waals surface area contributed by atoms with Gasteiger partial charge in [0.05, 0.1) is 5.69 Å². The first kappa shape index (κ1) is 13.3. The Bertz CT molecular complexity index is 546. The summed E-state index contributed by atoms with van der Waals surface area (Å²) in [7, 11) is 0. The highest BCUT2D eigenvalue weighted by molar-refractivity contribution is 9.10. The maximum atomic E-state index is 4.17. The fourth-order valence-corrected chi connectivity index (χ4v) is 2.56. The summed E-state index contributed by atoms with van der Waals surface area (Å²) in [6.07, 6.45) is 3.94. The first-order chi connectivity index (χ1) is 8.60. The standard InChI is InChI=1S/C14H18BrN3/c1-4-18-9-13(16-17-18)6-5-12-7-10(2)11(3)8-14(12)15/h7-9H,4-6H2,1-3H3. The van der Waals surface area contributed by atoms with Gasteiger partial charge in [-0.1, -0.05) is 27.2 Å². The van der Waals surface area contributed by atoms with Gasteiger partial charge in [0.1, 0.15) is 0 Å². The predicted octanol–water partition coefficient (Wildman–Crippen LogP) is 3.46. The Balaban J connectivity index is 2.08. The average molecular weight is 308 g/mol. The maximum Gasteiger partial charge on any atom is 0.0830 e. The number of benzene rings is 1. The quantitative estimate of drug-likeness (QED) is 0.866. The molecule has 0 bridgehead atoms. The molecule has 0 aliphatic rings. The third-order valence-electron chi connectivity index (χ3n) is 3.22. The van der Waals surface area contributed by atoms with Gasteiger partial charge in [0.15, 0.2) is 0 Å². The molecular formula is C14H18BrN3. The Labute approximate surface area is 116 Å². The molecule has 96 valence electrons. The molecule has 18 heavy (non-hydrogen) atoms. The van der Waals surface area contributed by atoms with Gasteiger partial charge >= 0.3 is 0 Å². The fraction of sp³-hybridized carbons (Fsp3) is 0.429. The van der Waals surface area contributed by atoms with E-state index in [1.807, 2.05) is 10.9 Å². The first-order valence-electron chi connectivity index (χ1n) is 6.24. The lowest BCUT2D eigenvalue weighted by Crippen LogP contribution is -1.95. The molecule has 0 aliphatic heterocycles. The van der Waals surface area contributed by atoms with Crippen molar-refractivity contribution in [3.05, 3.63) is 45.2 Å². The summed E-state index contributed by atoms with van der Waals surface area (Å²) in [5.41, 5.74) is 5.05. The highest BCUT2D eigenvalue weighted by atomic mass is 79.9. The highest BCUT2D eigenvalue weighted by Gasteiger charge is 2.05. The second kappa shape index (κ2) is 5.65. The smallest absolute Gasteiger partial charge is 0.0830 e. The van der Waals surface area contributed by atoms with Crippen LogP contribution in [-0.2, 0) is 19.4 Å². The number of aryl methyl sites for hydroxylation is 5. The molecule has 3 nitrogen and oxygen atoms in total. The van der Waals surface area contributed by atoms with Crippen molar-refractivity contribution >= 4 is 15.9 Å². The van der Waals surface area contributed by atoms with E-state index in [1.54, 1.807) is 0 Å². The van der Waals surface area contributed by atoms with Gasteiger partial charge in [-0.05, 0) is 56.4 Å². The van der Waals surface area contributed by atoms with Crippen LogP contribution < -0.4 is 0 Å². The number of aromatic nitrogens is 3. The Hall–Kier alpha value is -1.16. The maximum absolute atomic E-state index is 4.17. The van der Waals surface area contributed by atoms with Gasteiger partial charge in [0.2, 0.25) is 0 Å². The van der Waals surface area contributed by atoms with Crippen LogP contribution in [0.25, 0.3) is 0 Å². The SMILES string of the molecule is CCn1cc(CCc2cc(C)c(C)cc2Br)nn1. The van der Waals surface area contributed by atoms with Gasteiger partial charge < -0.3 is 0 Å². The molecule has 0 saturated heterocycles. The number of hydrogen-bond donors (Lipinski definition) is 0. The van der Waals surface area contributed by atoms with Crippen molar-refractivity contribution in [2.75, 3.05) is 0 Å². The van der Waals surface area contributed by atoms with Gasteiger partial charge in [0.25, 0.3) is 0 Å². The summed E-state index contributed by atoms with van der Waals surface area (Å²) in [4.78, 5) is 0. The molecule has 0 radical (unpaired) electrons. The molecule has 0 atom stereocenters. The molecule has 0 N–H and O–H groups in total. The van der Waals surface area contributed by atoms with Crippen molar-refractivity contribution in [1.29, 1.82) is 0 Å². The van der Waals surface area contributed by atoms with Crippen LogP contribution in [0.4, 0.5) is 0 Å². The van der Waals surface area contributed by atoms with Gasteiger partial charge in [0, 0.05) is 17.2 Å². The summed E-state index contributed by atoms with van der Waals surface area (Å²) >= 11 is 3.63. The molecule has 0 amide bonds. The van der Waals surface area contributed by atoms with Gasteiger partial charge in [-0.2, -0.15) is 0 Å². The molecule has 0 aliphatic carbocycles. The lowest BCUT2D eigenvalue weighted by molar-refractivity contribution is 0.626. The Morgan fingerprint density at radius 3 is 2.56 bits per heavy atom. The zero-order valence-electron chi connectivity index (χ0n) is 11.1.